The molecule has 0 aromatic heterocycles. The molecular formula is C9H18O3. The van der Waals surface area contributed by atoms with Crippen LogP contribution in [0.3, 0.4) is 0 Å². The quantitative estimate of drug-likeness (QED) is 0.666. The van der Waals surface area contributed by atoms with E-state index in [-0.39, 0.29) is 6.42 Å². The van der Waals surface area contributed by atoms with Crippen molar-refractivity contribution in [3.63, 3.8) is 0 Å². The maximum Gasteiger partial charge on any atom is 0.306 e. The maximum atomic E-state index is 10.4. The van der Waals surface area contributed by atoms with Crippen molar-refractivity contribution in [2.45, 2.75) is 45.6 Å². The summed E-state index contributed by atoms with van der Waals surface area (Å²) < 4.78 is 0. The van der Waals surface area contributed by atoms with Crippen LogP contribution < -0.4 is 0 Å². The summed E-state index contributed by atoms with van der Waals surface area (Å²) in [6.07, 6.45) is 0.898. The van der Waals surface area contributed by atoms with Gasteiger partial charge in [-0.15, -0.1) is 0 Å². The predicted octanol–water partition coefficient (Wildman–Crippen LogP) is 1.65. The third-order valence-corrected chi connectivity index (χ3v) is 1.93. The van der Waals surface area contributed by atoms with Crippen LogP contribution in [0.4, 0.5) is 0 Å². The second kappa shape index (κ2) is 4.45. The van der Waals surface area contributed by atoms with Crippen LogP contribution in [0.2, 0.25) is 0 Å². The van der Waals surface area contributed by atoms with Crippen molar-refractivity contribution >= 4 is 5.97 Å². The Bertz CT molecular complexity index is 154. The van der Waals surface area contributed by atoms with Gasteiger partial charge >= 0.3 is 5.97 Å². The van der Waals surface area contributed by atoms with E-state index in [2.05, 4.69) is 0 Å². The third-order valence-electron chi connectivity index (χ3n) is 1.93. The number of carboxylic acids is 1. The molecule has 3 nitrogen and oxygen atoms in total. The van der Waals surface area contributed by atoms with Gasteiger partial charge in [0.05, 0.1) is 12.0 Å². The second-order valence-electron chi connectivity index (χ2n) is 3.75. The van der Waals surface area contributed by atoms with Gasteiger partial charge in [0.1, 0.15) is 0 Å². The lowest BCUT2D eigenvalue weighted by molar-refractivity contribution is -0.143. The van der Waals surface area contributed by atoms with Crippen molar-refractivity contribution < 1.29 is 15.0 Å². The Morgan fingerprint density at radius 2 is 2.00 bits per heavy atom. The van der Waals surface area contributed by atoms with E-state index in [0.29, 0.717) is 18.8 Å². The first-order valence-electron chi connectivity index (χ1n) is 4.34. The summed E-state index contributed by atoms with van der Waals surface area (Å²) in [6, 6.07) is 0. The Kier molecular flexibility index (Phi) is 4.24. The minimum atomic E-state index is -1.01. The van der Waals surface area contributed by atoms with E-state index in [1.54, 1.807) is 0 Å². The lowest BCUT2D eigenvalue weighted by Crippen LogP contribution is -2.32. The standard InChI is InChI=1S/C9H18O3/c1-4-9(12,5-7(2)3)6-8(10)11/h7,12H,4-6H2,1-3H3,(H,10,11). The molecule has 0 amide bonds. The Morgan fingerprint density at radius 3 is 2.25 bits per heavy atom. The fraction of sp³-hybridized carbons (Fsp3) is 0.889. The molecule has 0 fully saturated rings. The van der Waals surface area contributed by atoms with Gasteiger partial charge in [0, 0.05) is 0 Å². The highest BCUT2D eigenvalue weighted by atomic mass is 16.4. The molecule has 0 spiro atoms. The van der Waals surface area contributed by atoms with Gasteiger partial charge in [0.2, 0.25) is 0 Å². The first kappa shape index (κ1) is 11.4. The summed E-state index contributed by atoms with van der Waals surface area (Å²) in [7, 11) is 0. The minimum Gasteiger partial charge on any atom is -0.481 e. The molecule has 0 aliphatic carbocycles. The Morgan fingerprint density at radius 1 is 1.50 bits per heavy atom. The molecular weight excluding hydrogens is 156 g/mol. The van der Waals surface area contributed by atoms with Crippen molar-refractivity contribution in [3.05, 3.63) is 0 Å². The van der Waals surface area contributed by atoms with Crippen molar-refractivity contribution in [1.29, 1.82) is 0 Å². The van der Waals surface area contributed by atoms with Crippen LogP contribution in [0.25, 0.3) is 0 Å². The zero-order valence-electron chi connectivity index (χ0n) is 8.00. The van der Waals surface area contributed by atoms with Crippen LogP contribution in [0, 0.1) is 5.92 Å². The lowest BCUT2D eigenvalue weighted by atomic mass is 9.87. The Balaban J connectivity index is 4.13. The first-order valence-corrected chi connectivity index (χ1v) is 4.34. The minimum absolute atomic E-state index is 0.151. The lowest BCUT2D eigenvalue weighted by Gasteiger charge is -2.26. The summed E-state index contributed by atoms with van der Waals surface area (Å²) in [4.78, 5) is 10.4. The molecule has 12 heavy (non-hydrogen) atoms. The van der Waals surface area contributed by atoms with Crippen molar-refractivity contribution in [3.8, 4) is 0 Å². The summed E-state index contributed by atoms with van der Waals surface area (Å²) in [6.45, 7) is 5.76. The van der Waals surface area contributed by atoms with Gasteiger partial charge in [-0.25, -0.2) is 0 Å². The second-order valence-corrected chi connectivity index (χ2v) is 3.75. The molecule has 0 bridgehead atoms. The molecule has 0 rings (SSSR count). The normalized spacial score (nSPS) is 16.1. The SMILES string of the molecule is CCC(O)(CC(=O)O)CC(C)C. The zero-order chi connectivity index (χ0) is 9.78. The molecule has 0 aromatic rings. The van der Waals surface area contributed by atoms with Gasteiger partial charge in [-0.3, -0.25) is 4.79 Å². The summed E-state index contributed by atoms with van der Waals surface area (Å²) in [5, 5.41) is 18.3. The van der Waals surface area contributed by atoms with E-state index in [0.717, 1.165) is 0 Å². The number of rotatable bonds is 5. The van der Waals surface area contributed by atoms with Gasteiger partial charge in [0.15, 0.2) is 0 Å². The highest BCUT2D eigenvalue weighted by Gasteiger charge is 2.28. The van der Waals surface area contributed by atoms with Crippen molar-refractivity contribution in [1.82, 2.24) is 0 Å². The number of aliphatic hydroxyl groups is 1. The number of aliphatic carboxylic acids is 1. The largest absolute Gasteiger partial charge is 0.481 e. The number of hydrogen-bond acceptors (Lipinski definition) is 2. The summed E-state index contributed by atoms with van der Waals surface area (Å²) in [5.74, 6) is -0.602. The van der Waals surface area contributed by atoms with Gasteiger partial charge in [-0.05, 0) is 18.8 Å². The van der Waals surface area contributed by atoms with E-state index < -0.39 is 11.6 Å². The topological polar surface area (TPSA) is 57.5 Å². The molecule has 0 aliphatic rings. The number of carboxylic acid groups (broad SMARTS) is 1. The van der Waals surface area contributed by atoms with E-state index in [4.69, 9.17) is 5.11 Å². The first-order chi connectivity index (χ1) is 5.39. The van der Waals surface area contributed by atoms with E-state index in [9.17, 15) is 9.90 Å². The molecule has 0 radical (unpaired) electrons. The van der Waals surface area contributed by atoms with E-state index >= 15 is 0 Å². The Labute approximate surface area is 73.4 Å². The monoisotopic (exact) mass is 174 g/mol. The molecule has 0 aliphatic heterocycles. The molecule has 3 heteroatoms. The van der Waals surface area contributed by atoms with Gasteiger partial charge < -0.3 is 10.2 Å². The average Bonchev–Trinajstić information content (AvgIpc) is 1.83. The smallest absolute Gasteiger partial charge is 0.306 e. The van der Waals surface area contributed by atoms with Crippen LogP contribution in [0.15, 0.2) is 0 Å². The van der Waals surface area contributed by atoms with Gasteiger partial charge in [-0.1, -0.05) is 20.8 Å². The van der Waals surface area contributed by atoms with E-state index in [1.165, 1.54) is 0 Å². The molecule has 72 valence electrons. The fourth-order valence-electron chi connectivity index (χ4n) is 1.38. The summed E-state index contributed by atoms with van der Waals surface area (Å²) >= 11 is 0. The molecule has 2 N–H and O–H groups in total. The molecule has 0 aromatic carbocycles. The van der Waals surface area contributed by atoms with Crippen LogP contribution in [0.5, 0.6) is 0 Å². The highest BCUT2D eigenvalue weighted by Crippen LogP contribution is 2.23. The van der Waals surface area contributed by atoms with Crippen LogP contribution in [-0.2, 0) is 4.79 Å². The fourth-order valence-corrected chi connectivity index (χ4v) is 1.38. The molecule has 0 saturated heterocycles. The molecule has 0 heterocycles. The third kappa shape index (κ3) is 4.34. The van der Waals surface area contributed by atoms with Crippen LogP contribution in [0.1, 0.15) is 40.0 Å². The Hall–Kier alpha value is -0.570. The zero-order valence-corrected chi connectivity index (χ0v) is 8.00. The molecule has 0 saturated carbocycles. The number of carbonyl (C=O) groups is 1. The maximum absolute atomic E-state index is 10.4. The van der Waals surface area contributed by atoms with Crippen molar-refractivity contribution in [2.75, 3.05) is 0 Å². The molecule has 1 atom stereocenters. The van der Waals surface area contributed by atoms with Gasteiger partial charge in [-0.2, -0.15) is 0 Å². The van der Waals surface area contributed by atoms with Crippen molar-refractivity contribution in [2.24, 2.45) is 5.92 Å². The van der Waals surface area contributed by atoms with Crippen LogP contribution >= 0.6 is 0 Å². The van der Waals surface area contributed by atoms with Crippen LogP contribution in [-0.4, -0.2) is 21.8 Å². The average molecular weight is 174 g/mol. The number of hydrogen-bond donors (Lipinski definition) is 2. The van der Waals surface area contributed by atoms with Gasteiger partial charge in [0.25, 0.3) is 0 Å². The molecule has 1 unspecified atom stereocenters. The predicted molar refractivity (Wildman–Crippen MR) is 46.9 cm³/mol. The highest BCUT2D eigenvalue weighted by molar-refractivity contribution is 5.68. The van der Waals surface area contributed by atoms with E-state index in [1.807, 2.05) is 20.8 Å². The summed E-state index contributed by atoms with van der Waals surface area (Å²) in [5.41, 5.74) is -1.01.